The summed E-state index contributed by atoms with van der Waals surface area (Å²) in [6, 6.07) is 0. The highest BCUT2D eigenvalue weighted by Gasteiger charge is 2.32. The fourth-order valence-electron chi connectivity index (χ4n) is 4.14. The van der Waals surface area contributed by atoms with Crippen LogP contribution in [0, 0.1) is 5.92 Å². The molecule has 3 aliphatic rings. The van der Waals surface area contributed by atoms with E-state index in [0.29, 0.717) is 38.5 Å². The van der Waals surface area contributed by atoms with Gasteiger partial charge in [-0.25, -0.2) is 4.98 Å². The first-order valence-corrected chi connectivity index (χ1v) is 9.44. The molecule has 0 aromatic carbocycles. The minimum atomic E-state index is -0.00198. The molecule has 4 heterocycles. The fraction of sp³-hybridized carbons (Fsp3) is 0.722. The maximum absolute atomic E-state index is 12.8. The lowest BCUT2D eigenvalue weighted by atomic mass is 9.94. The van der Waals surface area contributed by atoms with Crippen LogP contribution < -0.4 is 0 Å². The van der Waals surface area contributed by atoms with Crippen LogP contribution in [0.2, 0.25) is 0 Å². The number of piperidine rings is 1. The summed E-state index contributed by atoms with van der Waals surface area (Å²) in [5.41, 5.74) is 1.55. The maximum Gasteiger partial charge on any atom is 0.274 e. The first-order chi connectivity index (χ1) is 12.2. The summed E-state index contributed by atoms with van der Waals surface area (Å²) < 4.78 is 7.33. The molecule has 1 aromatic rings. The number of morpholine rings is 1. The van der Waals surface area contributed by atoms with E-state index in [4.69, 9.17) is 4.74 Å². The average molecular weight is 346 g/mol. The summed E-state index contributed by atoms with van der Waals surface area (Å²) in [5.74, 6) is 0.295. The Morgan fingerprint density at radius 1 is 1.04 bits per heavy atom. The van der Waals surface area contributed by atoms with E-state index < -0.39 is 0 Å². The van der Waals surface area contributed by atoms with Crippen molar-refractivity contribution in [2.45, 2.75) is 38.6 Å². The molecule has 0 spiro atoms. The quantitative estimate of drug-likeness (QED) is 0.799. The smallest absolute Gasteiger partial charge is 0.274 e. The highest BCUT2D eigenvalue weighted by Crippen LogP contribution is 2.26. The number of fused-ring (bicyclic) bond motifs is 1. The van der Waals surface area contributed by atoms with Crippen LogP contribution in [0.25, 0.3) is 0 Å². The van der Waals surface area contributed by atoms with Gasteiger partial charge in [0.25, 0.3) is 5.91 Å². The van der Waals surface area contributed by atoms with Crippen LogP contribution in [0.5, 0.6) is 0 Å². The maximum atomic E-state index is 12.8. The van der Waals surface area contributed by atoms with E-state index in [9.17, 15) is 9.59 Å². The zero-order valence-corrected chi connectivity index (χ0v) is 14.7. The van der Waals surface area contributed by atoms with E-state index in [1.54, 1.807) is 6.33 Å². The molecule has 4 rings (SSSR count). The van der Waals surface area contributed by atoms with E-state index in [-0.39, 0.29) is 17.7 Å². The standard InChI is InChI=1S/C18H26N4O3/c23-17(20-6-2-1-3-7-20)14-4-5-15-16(19-13-22(15)12-14)18(24)21-8-10-25-11-9-21/h13-14H,1-12H2. The molecule has 2 amide bonds. The third kappa shape index (κ3) is 3.29. The number of hydrogen-bond acceptors (Lipinski definition) is 4. The van der Waals surface area contributed by atoms with Crippen LogP contribution in [0.3, 0.4) is 0 Å². The van der Waals surface area contributed by atoms with Crippen molar-refractivity contribution >= 4 is 11.8 Å². The number of ether oxygens (including phenoxy) is 1. The van der Waals surface area contributed by atoms with Crippen molar-refractivity contribution in [3.05, 3.63) is 17.7 Å². The molecule has 1 atom stereocenters. The van der Waals surface area contributed by atoms with E-state index in [2.05, 4.69) is 4.98 Å². The van der Waals surface area contributed by atoms with Crippen LogP contribution in [-0.2, 0) is 22.5 Å². The van der Waals surface area contributed by atoms with Crippen molar-refractivity contribution in [1.82, 2.24) is 19.4 Å². The number of rotatable bonds is 2. The van der Waals surface area contributed by atoms with Gasteiger partial charge in [-0.15, -0.1) is 0 Å². The number of carbonyl (C=O) groups excluding carboxylic acids is 2. The predicted molar refractivity (Wildman–Crippen MR) is 91.2 cm³/mol. The third-order valence-corrected chi connectivity index (χ3v) is 5.61. The lowest BCUT2D eigenvalue weighted by Crippen LogP contribution is -2.43. The second-order valence-electron chi connectivity index (χ2n) is 7.22. The Bertz CT molecular complexity index is 645. The Morgan fingerprint density at radius 2 is 1.80 bits per heavy atom. The second kappa shape index (κ2) is 7.15. The molecule has 0 radical (unpaired) electrons. The summed E-state index contributed by atoms with van der Waals surface area (Å²) in [6.07, 6.45) is 6.76. The Labute approximate surface area is 147 Å². The highest BCUT2D eigenvalue weighted by molar-refractivity contribution is 5.93. The highest BCUT2D eigenvalue weighted by atomic mass is 16.5. The Hall–Kier alpha value is -1.89. The van der Waals surface area contributed by atoms with Crippen molar-refractivity contribution in [3.63, 3.8) is 0 Å². The molecule has 0 bridgehead atoms. The van der Waals surface area contributed by atoms with Gasteiger partial charge in [0.1, 0.15) is 5.69 Å². The Morgan fingerprint density at radius 3 is 2.56 bits per heavy atom. The predicted octanol–water partition coefficient (Wildman–Crippen LogP) is 0.930. The van der Waals surface area contributed by atoms with Crippen molar-refractivity contribution in [2.24, 2.45) is 5.92 Å². The van der Waals surface area contributed by atoms with Crippen LogP contribution >= 0.6 is 0 Å². The summed E-state index contributed by atoms with van der Waals surface area (Å²) >= 11 is 0. The molecule has 0 saturated carbocycles. The SMILES string of the molecule is O=C(c1ncn2c1CCC(C(=O)N1CCCCC1)C2)N1CCOCC1. The number of aromatic nitrogens is 2. The van der Waals surface area contributed by atoms with Crippen LogP contribution in [0.15, 0.2) is 6.33 Å². The van der Waals surface area contributed by atoms with E-state index in [0.717, 1.165) is 44.5 Å². The van der Waals surface area contributed by atoms with E-state index in [1.807, 2.05) is 14.4 Å². The molecular weight excluding hydrogens is 320 g/mol. The van der Waals surface area contributed by atoms with Gasteiger partial charge >= 0.3 is 0 Å². The minimum Gasteiger partial charge on any atom is -0.378 e. The minimum absolute atomic E-state index is 0.00198. The number of nitrogens with zero attached hydrogens (tertiary/aromatic N) is 4. The zero-order chi connectivity index (χ0) is 17.2. The van der Waals surface area contributed by atoms with Crippen LogP contribution in [0.4, 0.5) is 0 Å². The van der Waals surface area contributed by atoms with Gasteiger partial charge in [0.15, 0.2) is 0 Å². The molecule has 2 saturated heterocycles. The lowest BCUT2D eigenvalue weighted by molar-refractivity contribution is -0.137. The van der Waals surface area contributed by atoms with E-state index >= 15 is 0 Å². The molecule has 2 fully saturated rings. The van der Waals surface area contributed by atoms with Crippen molar-refractivity contribution in [3.8, 4) is 0 Å². The second-order valence-corrected chi connectivity index (χ2v) is 7.22. The molecule has 0 N–H and O–H groups in total. The largest absolute Gasteiger partial charge is 0.378 e. The van der Waals surface area contributed by atoms with Crippen LogP contribution in [-0.4, -0.2) is 70.6 Å². The number of imidazole rings is 1. The molecule has 3 aliphatic heterocycles. The Balaban J connectivity index is 1.45. The van der Waals surface area contributed by atoms with Crippen molar-refractivity contribution in [1.29, 1.82) is 0 Å². The summed E-state index contributed by atoms with van der Waals surface area (Å²) in [5, 5.41) is 0. The first kappa shape index (κ1) is 16.6. The topological polar surface area (TPSA) is 67.7 Å². The first-order valence-electron chi connectivity index (χ1n) is 9.44. The monoisotopic (exact) mass is 346 g/mol. The van der Waals surface area contributed by atoms with Gasteiger partial charge in [-0.1, -0.05) is 0 Å². The number of carbonyl (C=O) groups is 2. The molecular formula is C18H26N4O3. The summed E-state index contributed by atoms with van der Waals surface area (Å²) in [7, 11) is 0. The Kier molecular flexibility index (Phi) is 4.74. The molecule has 25 heavy (non-hydrogen) atoms. The van der Waals surface area contributed by atoms with Gasteiger partial charge in [-0.05, 0) is 32.1 Å². The van der Waals surface area contributed by atoms with Gasteiger partial charge in [0.2, 0.25) is 5.91 Å². The number of amides is 2. The number of likely N-dealkylation sites (tertiary alicyclic amines) is 1. The van der Waals surface area contributed by atoms with Gasteiger partial charge in [0, 0.05) is 32.7 Å². The molecule has 136 valence electrons. The molecule has 7 nitrogen and oxygen atoms in total. The molecule has 1 aromatic heterocycles. The van der Waals surface area contributed by atoms with Gasteiger partial charge in [-0.3, -0.25) is 9.59 Å². The fourth-order valence-corrected chi connectivity index (χ4v) is 4.14. The molecule has 1 unspecified atom stereocenters. The van der Waals surface area contributed by atoms with Gasteiger partial charge in [0.05, 0.1) is 31.2 Å². The third-order valence-electron chi connectivity index (χ3n) is 5.61. The van der Waals surface area contributed by atoms with Crippen LogP contribution in [0.1, 0.15) is 41.9 Å². The lowest BCUT2D eigenvalue weighted by Gasteiger charge is -2.32. The summed E-state index contributed by atoms with van der Waals surface area (Å²) in [6.45, 7) is 4.87. The van der Waals surface area contributed by atoms with E-state index in [1.165, 1.54) is 6.42 Å². The number of hydrogen-bond donors (Lipinski definition) is 0. The summed E-state index contributed by atoms with van der Waals surface area (Å²) in [4.78, 5) is 33.7. The normalized spacial score (nSPS) is 24.1. The van der Waals surface area contributed by atoms with Crippen molar-refractivity contribution in [2.75, 3.05) is 39.4 Å². The molecule has 7 heteroatoms. The average Bonchev–Trinajstić information content (AvgIpc) is 3.11. The zero-order valence-electron chi connectivity index (χ0n) is 14.7. The molecule has 0 aliphatic carbocycles. The van der Waals surface area contributed by atoms with Gasteiger partial charge in [-0.2, -0.15) is 0 Å². The van der Waals surface area contributed by atoms with Crippen molar-refractivity contribution < 1.29 is 14.3 Å². The van der Waals surface area contributed by atoms with Gasteiger partial charge < -0.3 is 19.1 Å².